The van der Waals surface area contributed by atoms with Crippen LogP contribution in [0.2, 0.25) is 0 Å². The van der Waals surface area contributed by atoms with Crippen molar-refractivity contribution in [3.63, 3.8) is 0 Å². The first-order valence-corrected chi connectivity index (χ1v) is 12.5. The number of ketones is 1. The fraction of sp³-hybridized carbons (Fsp3) is 0.214. The van der Waals surface area contributed by atoms with E-state index in [2.05, 4.69) is 4.98 Å². The minimum absolute atomic E-state index is 0.00556. The molecule has 1 aliphatic rings. The Morgan fingerprint density at radius 2 is 1.89 bits per heavy atom. The first-order chi connectivity index (χ1) is 17.4. The molecule has 3 heterocycles. The molecule has 1 unspecified atom stereocenters. The van der Waals surface area contributed by atoms with Crippen molar-refractivity contribution in [1.29, 1.82) is 0 Å². The van der Waals surface area contributed by atoms with Gasteiger partial charge in [0.1, 0.15) is 11.5 Å². The topological polar surface area (TPSA) is 92.6 Å². The number of hydrogen-bond acceptors (Lipinski definition) is 7. The number of aliphatic hydroxyl groups is 1. The summed E-state index contributed by atoms with van der Waals surface area (Å²) >= 11 is 1.35. The largest absolute Gasteiger partial charge is 0.507 e. The minimum Gasteiger partial charge on any atom is -0.507 e. The SMILES string of the molecule is CCCOc1cccc(C2/C(=C(\O)c3ccncc3)C(=O)C(=O)N2c2nc3c(C)cc(C)cc3s2)c1. The molecule has 2 aromatic heterocycles. The smallest absolute Gasteiger partial charge is 0.301 e. The number of thiazole rings is 1. The summed E-state index contributed by atoms with van der Waals surface area (Å²) in [6, 6.07) is 13.7. The van der Waals surface area contributed by atoms with Crippen LogP contribution in [0.25, 0.3) is 16.0 Å². The lowest BCUT2D eigenvalue weighted by molar-refractivity contribution is -0.132. The number of aromatic nitrogens is 2. The van der Waals surface area contributed by atoms with Crippen molar-refractivity contribution in [3.8, 4) is 5.75 Å². The first-order valence-electron chi connectivity index (χ1n) is 11.7. The first kappa shape index (κ1) is 23.7. The van der Waals surface area contributed by atoms with Gasteiger partial charge < -0.3 is 9.84 Å². The summed E-state index contributed by atoms with van der Waals surface area (Å²) in [5.41, 5.74) is 3.92. The molecule has 1 fully saturated rings. The van der Waals surface area contributed by atoms with Crippen LogP contribution in [-0.2, 0) is 9.59 Å². The van der Waals surface area contributed by atoms with Crippen LogP contribution < -0.4 is 9.64 Å². The number of aliphatic hydroxyl groups excluding tert-OH is 1. The second-order valence-electron chi connectivity index (χ2n) is 8.75. The van der Waals surface area contributed by atoms with Gasteiger partial charge in [0.15, 0.2) is 5.13 Å². The molecule has 8 heteroatoms. The lowest BCUT2D eigenvalue weighted by atomic mass is 9.95. The maximum atomic E-state index is 13.5. The Bertz CT molecular complexity index is 1510. The Labute approximate surface area is 212 Å². The van der Waals surface area contributed by atoms with Crippen LogP contribution in [0, 0.1) is 13.8 Å². The number of pyridine rings is 1. The van der Waals surface area contributed by atoms with Crippen molar-refractivity contribution in [2.24, 2.45) is 0 Å². The molecule has 1 amide bonds. The fourth-order valence-electron chi connectivity index (χ4n) is 4.47. The number of carbonyl (C=O) groups is 2. The van der Waals surface area contributed by atoms with Crippen LogP contribution in [0.4, 0.5) is 5.13 Å². The second-order valence-corrected chi connectivity index (χ2v) is 9.76. The molecular formula is C28H25N3O4S. The molecular weight excluding hydrogens is 474 g/mol. The number of anilines is 1. The van der Waals surface area contributed by atoms with Crippen LogP contribution in [0.1, 0.15) is 41.6 Å². The average molecular weight is 500 g/mol. The highest BCUT2D eigenvalue weighted by Gasteiger charge is 2.48. The van der Waals surface area contributed by atoms with Gasteiger partial charge in [-0.1, -0.05) is 36.5 Å². The quantitative estimate of drug-likeness (QED) is 0.207. The predicted molar refractivity (Wildman–Crippen MR) is 140 cm³/mol. The Hall–Kier alpha value is -4.04. The van der Waals surface area contributed by atoms with Gasteiger partial charge in [0.25, 0.3) is 5.78 Å². The molecule has 0 aliphatic carbocycles. The maximum absolute atomic E-state index is 13.5. The van der Waals surface area contributed by atoms with E-state index in [1.54, 1.807) is 12.1 Å². The lowest BCUT2D eigenvalue weighted by Gasteiger charge is -2.23. The summed E-state index contributed by atoms with van der Waals surface area (Å²) in [5.74, 6) is -1.12. The molecule has 1 N–H and O–H groups in total. The molecule has 2 aromatic carbocycles. The number of rotatable bonds is 6. The fourth-order valence-corrected chi connectivity index (χ4v) is 5.64. The van der Waals surface area contributed by atoms with Crippen LogP contribution in [0.3, 0.4) is 0 Å². The third kappa shape index (κ3) is 4.13. The normalized spacial score (nSPS) is 17.2. The van der Waals surface area contributed by atoms with E-state index < -0.39 is 17.7 Å². The van der Waals surface area contributed by atoms with Crippen molar-refractivity contribution >= 4 is 44.1 Å². The van der Waals surface area contributed by atoms with Gasteiger partial charge in [-0.2, -0.15) is 0 Å². The zero-order chi connectivity index (χ0) is 25.4. The number of nitrogens with zero attached hydrogens (tertiary/aromatic N) is 3. The van der Waals surface area contributed by atoms with Gasteiger partial charge in [0.2, 0.25) is 0 Å². The zero-order valence-electron chi connectivity index (χ0n) is 20.2. The summed E-state index contributed by atoms with van der Waals surface area (Å²) in [6.07, 6.45) is 3.89. The Balaban J connectivity index is 1.72. The van der Waals surface area contributed by atoms with Crippen molar-refractivity contribution in [1.82, 2.24) is 9.97 Å². The molecule has 0 radical (unpaired) electrons. The highest BCUT2D eigenvalue weighted by Crippen LogP contribution is 2.45. The number of aryl methyl sites for hydroxylation is 2. The standard InChI is InChI=1S/C28H25N3O4S/c1-4-12-35-20-7-5-6-19(15-20)24-22(25(32)18-8-10-29-11-9-18)26(33)27(34)31(24)28-30-23-17(3)13-16(2)14-21(23)36-28/h5-11,13-15,24,32H,4,12H2,1-3H3/b25-22+. The highest BCUT2D eigenvalue weighted by atomic mass is 32.1. The van der Waals surface area contributed by atoms with Crippen molar-refractivity contribution in [2.45, 2.75) is 33.2 Å². The van der Waals surface area contributed by atoms with Crippen LogP contribution in [-0.4, -0.2) is 33.4 Å². The number of fused-ring (bicyclic) bond motifs is 1. The van der Waals surface area contributed by atoms with Crippen LogP contribution in [0.15, 0.2) is 66.5 Å². The Morgan fingerprint density at radius 3 is 2.64 bits per heavy atom. The summed E-state index contributed by atoms with van der Waals surface area (Å²) in [5, 5.41) is 11.6. The third-order valence-electron chi connectivity index (χ3n) is 6.07. The van der Waals surface area contributed by atoms with E-state index in [1.165, 1.54) is 28.6 Å². The molecule has 0 bridgehead atoms. The third-order valence-corrected chi connectivity index (χ3v) is 7.07. The van der Waals surface area contributed by atoms with E-state index in [0.29, 0.717) is 28.6 Å². The second kappa shape index (κ2) is 9.54. The molecule has 0 spiro atoms. The number of hydrogen-bond donors (Lipinski definition) is 1. The predicted octanol–water partition coefficient (Wildman–Crippen LogP) is 5.72. The maximum Gasteiger partial charge on any atom is 0.301 e. The van der Waals surface area contributed by atoms with Crippen molar-refractivity contribution < 1.29 is 19.4 Å². The van der Waals surface area contributed by atoms with Gasteiger partial charge in [0, 0.05) is 18.0 Å². The molecule has 0 saturated carbocycles. The van der Waals surface area contributed by atoms with Gasteiger partial charge >= 0.3 is 5.91 Å². The van der Waals surface area contributed by atoms with Gasteiger partial charge in [-0.3, -0.25) is 19.5 Å². The van der Waals surface area contributed by atoms with Gasteiger partial charge in [-0.25, -0.2) is 4.98 Å². The van der Waals surface area contributed by atoms with E-state index in [0.717, 1.165) is 27.8 Å². The summed E-state index contributed by atoms with van der Waals surface area (Å²) in [4.78, 5) is 37.0. The Kier molecular flexibility index (Phi) is 6.28. The van der Waals surface area contributed by atoms with Crippen LogP contribution >= 0.6 is 11.3 Å². The molecule has 1 saturated heterocycles. The van der Waals surface area contributed by atoms with Gasteiger partial charge in [-0.15, -0.1) is 0 Å². The Morgan fingerprint density at radius 1 is 1.11 bits per heavy atom. The molecule has 1 atom stereocenters. The molecule has 1 aliphatic heterocycles. The van der Waals surface area contributed by atoms with Crippen molar-refractivity contribution in [2.75, 3.05) is 11.5 Å². The number of carbonyl (C=O) groups excluding carboxylic acids is 2. The highest BCUT2D eigenvalue weighted by molar-refractivity contribution is 7.22. The minimum atomic E-state index is -0.870. The van der Waals surface area contributed by atoms with E-state index in [4.69, 9.17) is 9.72 Å². The number of Topliss-reactive ketones (excluding diaryl/α,β-unsaturated/α-hetero) is 1. The summed E-state index contributed by atoms with van der Waals surface area (Å²) in [7, 11) is 0. The summed E-state index contributed by atoms with van der Waals surface area (Å²) < 4.78 is 6.75. The van der Waals surface area contributed by atoms with E-state index >= 15 is 0 Å². The van der Waals surface area contributed by atoms with E-state index in [9.17, 15) is 14.7 Å². The number of ether oxygens (including phenoxy) is 1. The lowest BCUT2D eigenvalue weighted by Crippen LogP contribution is -2.29. The monoisotopic (exact) mass is 499 g/mol. The average Bonchev–Trinajstić information content (AvgIpc) is 3.41. The summed E-state index contributed by atoms with van der Waals surface area (Å²) in [6.45, 7) is 6.54. The zero-order valence-corrected chi connectivity index (χ0v) is 21.0. The molecule has 5 rings (SSSR count). The molecule has 182 valence electrons. The van der Waals surface area contributed by atoms with Crippen molar-refractivity contribution in [3.05, 3.63) is 88.8 Å². The molecule has 36 heavy (non-hydrogen) atoms. The van der Waals surface area contributed by atoms with Crippen LogP contribution in [0.5, 0.6) is 5.75 Å². The molecule has 7 nitrogen and oxygen atoms in total. The molecule has 4 aromatic rings. The van der Waals surface area contributed by atoms with E-state index in [1.807, 2.05) is 57.2 Å². The number of amides is 1. The van der Waals surface area contributed by atoms with Gasteiger partial charge in [0.05, 0.1) is 28.4 Å². The van der Waals surface area contributed by atoms with Gasteiger partial charge in [-0.05, 0) is 67.3 Å². The van der Waals surface area contributed by atoms with E-state index in [-0.39, 0.29) is 11.3 Å². The number of benzene rings is 2.